The summed E-state index contributed by atoms with van der Waals surface area (Å²) in [5.41, 5.74) is 7.36. The van der Waals surface area contributed by atoms with Crippen LogP contribution in [0.1, 0.15) is 17.7 Å². The third-order valence-corrected chi connectivity index (χ3v) is 5.41. The van der Waals surface area contributed by atoms with Crippen molar-refractivity contribution in [2.45, 2.75) is 18.7 Å². The number of carbonyl (C=O) groups is 1. The molecule has 3 N–H and O–H groups in total. The molecule has 1 aliphatic heterocycles. The average Bonchev–Trinajstić information content (AvgIpc) is 2.90. The van der Waals surface area contributed by atoms with Crippen molar-refractivity contribution in [3.05, 3.63) is 43.8 Å². The Bertz CT molecular complexity index is 610. The molecule has 1 aromatic heterocycles. The van der Waals surface area contributed by atoms with Crippen molar-refractivity contribution in [3.8, 4) is 6.07 Å². The number of hydrogen-bond donors (Lipinski definition) is 2. The molecular formula is C13H13N3OSSe. The number of carbonyl (C=O) groups excluding carboxylic acids is 1. The third-order valence-electron chi connectivity index (χ3n) is 2.94. The van der Waals surface area contributed by atoms with Crippen LogP contribution in [0.2, 0.25) is 5.82 Å². The van der Waals surface area contributed by atoms with Gasteiger partial charge in [-0.05, 0) is 0 Å². The van der Waals surface area contributed by atoms with Crippen LogP contribution in [-0.4, -0.2) is 20.9 Å². The van der Waals surface area contributed by atoms with E-state index in [2.05, 4.69) is 11.4 Å². The first-order valence-corrected chi connectivity index (χ1v) is 9.04. The number of thiophene rings is 1. The first-order valence-electron chi connectivity index (χ1n) is 5.59. The monoisotopic (exact) mass is 339 g/mol. The van der Waals surface area contributed by atoms with Gasteiger partial charge in [0, 0.05) is 0 Å². The van der Waals surface area contributed by atoms with E-state index in [-0.39, 0.29) is 20.9 Å². The van der Waals surface area contributed by atoms with Gasteiger partial charge in [0.25, 0.3) is 0 Å². The van der Waals surface area contributed by atoms with Gasteiger partial charge in [-0.1, -0.05) is 0 Å². The predicted molar refractivity (Wildman–Crippen MR) is 76.3 cm³/mol. The van der Waals surface area contributed by atoms with Crippen molar-refractivity contribution in [2.75, 3.05) is 0 Å². The van der Waals surface area contributed by atoms with Crippen molar-refractivity contribution >= 4 is 32.2 Å². The van der Waals surface area contributed by atoms with Crippen LogP contribution in [0.4, 0.5) is 0 Å². The van der Waals surface area contributed by atoms with Gasteiger partial charge in [-0.3, -0.25) is 0 Å². The van der Waals surface area contributed by atoms with E-state index in [1.807, 2.05) is 30.3 Å². The van der Waals surface area contributed by atoms with E-state index in [0.717, 1.165) is 15.2 Å². The van der Waals surface area contributed by atoms with Crippen LogP contribution in [0, 0.1) is 11.3 Å². The van der Waals surface area contributed by atoms with Crippen LogP contribution in [0.15, 0.2) is 39.0 Å². The third kappa shape index (κ3) is 2.45. The number of dihydropyridines is 1. The summed E-state index contributed by atoms with van der Waals surface area (Å²) in [6, 6.07) is 6.10. The van der Waals surface area contributed by atoms with E-state index < -0.39 is 5.91 Å². The summed E-state index contributed by atoms with van der Waals surface area (Å²) in [6.07, 6.45) is 0. The molecule has 0 bridgehead atoms. The number of allylic oxidation sites excluding steroid dienone is 2. The van der Waals surface area contributed by atoms with Gasteiger partial charge in [-0.2, -0.15) is 0 Å². The normalized spacial score (nSPS) is 19.1. The molecule has 0 aromatic carbocycles. The summed E-state index contributed by atoms with van der Waals surface area (Å²) < 4.78 is 0.927. The second kappa shape index (κ2) is 5.62. The molecule has 1 amide bonds. The van der Waals surface area contributed by atoms with E-state index in [4.69, 9.17) is 5.73 Å². The molecule has 1 unspecified atom stereocenters. The van der Waals surface area contributed by atoms with Gasteiger partial charge in [0.1, 0.15) is 0 Å². The van der Waals surface area contributed by atoms with Crippen LogP contribution in [0.3, 0.4) is 0 Å². The Morgan fingerprint density at radius 1 is 1.63 bits per heavy atom. The van der Waals surface area contributed by atoms with Gasteiger partial charge in [0.05, 0.1) is 0 Å². The molecule has 1 atom stereocenters. The Balaban J connectivity index is 2.64. The van der Waals surface area contributed by atoms with E-state index in [9.17, 15) is 10.1 Å². The van der Waals surface area contributed by atoms with E-state index in [1.165, 1.54) is 11.3 Å². The number of amides is 1. The predicted octanol–water partition coefficient (Wildman–Crippen LogP) is 1.68. The number of rotatable bonds is 3. The summed E-state index contributed by atoms with van der Waals surface area (Å²) in [6.45, 7) is 1.83. The van der Waals surface area contributed by atoms with Crippen molar-refractivity contribution in [1.29, 1.82) is 5.26 Å². The molecule has 2 rings (SSSR count). The maximum atomic E-state index is 11.7. The van der Waals surface area contributed by atoms with Gasteiger partial charge in [0.2, 0.25) is 0 Å². The van der Waals surface area contributed by atoms with Crippen LogP contribution in [0.5, 0.6) is 0 Å². The topological polar surface area (TPSA) is 78.9 Å². The number of nitrogens with two attached hydrogens (primary N) is 1. The summed E-state index contributed by atoms with van der Waals surface area (Å²) in [5, 5.41) is 14.5. The molecule has 98 valence electrons. The van der Waals surface area contributed by atoms with Crippen LogP contribution in [-0.2, 0) is 4.79 Å². The first kappa shape index (κ1) is 13.9. The van der Waals surface area contributed by atoms with Gasteiger partial charge >= 0.3 is 122 Å². The standard InChI is InChI=1S/C13H13N3OSSe/c1-7-10(12(15)17)11(9-4-3-5-18-9)8(6-14)13(16-7)19-2/h3-5,11,16H,1-2H3,(H2,15,17). The van der Waals surface area contributed by atoms with Crippen molar-refractivity contribution in [1.82, 2.24) is 5.32 Å². The first-order chi connectivity index (χ1) is 9.10. The molecular weight excluding hydrogens is 325 g/mol. The van der Waals surface area contributed by atoms with E-state index >= 15 is 0 Å². The molecule has 2 heterocycles. The zero-order valence-corrected chi connectivity index (χ0v) is 13.1. The Morgan fingerprint density at radius 2 is 2.37 bits per heavy atom. The molecule has 0 saturated heterocycles. The van der Waals surface area contributed by atoms with Gasteiger partial charge in [0.15, 0.2) is 0 Å². The Labute approximate surface area is 122 Å². The molecule has 4 nitrogen and oxygen atoms in total. The second-order valence-electron chi connectivity index (χ2n) is 4.04. The summed E-state index contributed by atoms with van der Waals surface area (Å²) >= 11 is 1.69. The number of nitrogens with one attached hydrogen (secondary N) is 1. The second-order valence-corrected chi connectivity index (χ2v) is 6.73. The fourth-order valence-electron chi connectivity index (χ4n) is 2.14. The number of hydrogen-bond acceptors (Lipinski definition) is 4. The molecule has 0 radical (unpaired) electrons. The quantitative estimate of drug-likeness (QED) is 0.823. The summed E-state index contributed by atoms with van der Waals surface area (Å²) in [4.78, 5) is 12.7. The van der Waals surface area contributed by atoms with Gasteiger partial charge < -0.3 is 0 Å². The fraction of sp³-hybridized carbons (Fsp3) is 0.231. The molecule has 0 saturated carbocycles. The van der Waals surface area contributed by atoms with Gasteiger partial charge in [-0.15, -0.1) is 0 Å². The number of nitrogens with zero attached hydrogens (tertiary/aromatic N) is 1. The molecule has 1 aromatic rings. The Hall–Kier alpha value is -1.54. The summed E-state index contributed by atoms with van der Waals surface area (Å²) in [5.74, 6) is 1.25. The fourth-order valence-corrected chi connectivity index (χ4v) is 4.32. The van der Waals surface area contributed by atoms with Crippen molar-refractivity contribution < 1.29 is 4.79 Å². The summed E-state index contributed by atoms with van der Waals surface area (Å²) in [7, 11) is 0. The van der Waals surface area contributed by atoms with Crippen LogP contribution >= 0.6 is 11.3 Å². The molecule has 1 aliphatic rings. The average molecular weight is 338 g/mol. The minimum absolute atomic E-state index is 0.158. The SMILES string of the molecule is C[Se]C1=C(C#N)C(c2cccs2)C(C(N)=O)=C(C)N1. The Morgan fingerprint density at radius 3 is 2.84 bits per heavy atom. The van der Waals surface area contributed by atoms with Crippen molar-refractivity contribution in [3.63, 3.8) is 0 Å². The molecule has 0 fully saturated rings. The molecule has 6 heteroatoms. The zero-order chi connectivity index (χ0) is 14.0. The molecule has 0 spiro atoms. The Kier molecular flexibility index (Phi) is 4.11. The van der Waals surface area contributed by atoms with E-state index in [0.29, 0.717) is 11.1 Å². The number of nitriles is 1. The minimum atomic E-state index is -0.473. The molecule has 19 heavy (non-hydrogen) atoms. The molecule has 0 aliphatic carbocycles. The van der Waals surface area contributed by atoms with E-state index in [1.54, 1.807) is 0 Å². The zero-order valence-electron chi connectivity index (χ0n) is 10.6. The number of primary amides is 1. The van der Waals surface area contributed by atoms with Gasteiger partial charge in [-0.25, -0.2) is 0 Å². The maximum absolute atomic E-state index is 11.7. The van der Waals surface area contributed by atoms with Crippen LogP contribution < -0.4 is 11.1 Å². The van der Waals surface area contributed by atoms with Crippen LogP contribution in [0.25, 0.3) is 0 Å². The van der Waals surface area contributed by atoms with Crippen molar-refractivity contribution in [2.24, 2.45) is 5.73 Å².